The number of cyclic esters (lactones) is 1. The van der Waals surface area contributed by atoms with Crippen LogP contribution in [0.4, 0.5) is 10.5 Å². The summed E-state index contributed by atoms with van der Waals surface area (Å²) in [6, 6.07) is 4.40. The zero-order valence-electron chi connectivity index (χ0n) is 28.3. The van der Waals surface area contributed by atoms with E-state index in [4.69, 9.17) is 25.8 Å². The first-order valence-corrected chi connectivity index (χ1v) is 17.1. The number of nitrogens with zero attached hydrogens (tertiary/aromatic N) is 1. The van der Waals surface area contributed by atoms with Crippen molar-refractivity contribution in [3.63, 3.8) is 0 Å². The number of ether oxygens (including phenoxy) is 3. The van der Waals surface area contributed by atoms with Gasteiger partial charge in [-0.3, -0.25) is 9.59 Å². The smallest absolute Gasteiger partial charge is 0.420 e. The van der Waals surface area contributed by atoms with Crippen LogP contribution in [0.1, 0.15) is 142 Å². The minimum atomic E-state index is -1.60. The average Bonchev–Trinajstić information content (AvgIpc) is 3.17. The molecule has 0 saturated carbocycles. The summed E-state index contributed by atoms with van der Waals surface area (Å²) in [7, 11) is 0. The molecule has 3 amide bonds. The fraction of sp³-hybridized carbons (Fsp3) is 0.714. The van der Waals surface area contributed by atoms with Crippen LogP contribution in [0.5, 0.6) is 0 Å². The van der Waals surface area contributed by atoms with Crippen LogP contribution in [-0.2, 0) is 23.8 Å². The molecule has 1 aromatic carbocycles. The maximum absolute atomic E-state index is 13.4. The molecular weight excluding hydrogens is 596 g/mol. The van der Waals surface area contributed by atoms with Crippen molar-refractivity contribution in [1.29, 1.82) is 0 Å². The molecule has 1 aliphatic heterocycles. The lowest BCUT2D eigenvalue weighted by molar-refractivity contribution is -0.153. The van der Waals surface area contributed by atoms with Crippen LogP contribution in [0.2, 0.25) is 5.02 Å². The lowest BCUT2D eigenvalue weighted by Gasteiger charge is -2.27. The summed E-state index contributed by atoms with van der Waals surface area (Å²) in [4.78, 5) is 52.2. The molecule has 0 bridgehead atoms. The van der Waals surface area contributed by atoms with E-state index in [-0.39, 0.29) is 28.3 Å². The summed E-state index contributed by atoms with van der Waals surface area (Å²) in [5.74, 6) is -2.04. The van der Waals surface area contributed by atoms with Crippen molar-refractivity contribution in [2.75, 3.05) is 18.5 Å². The number of anilines is 1. The Morgan fingerprint density at radius 2 is 1.44 bits per heavy atom. The Hall–Kier alpha value is -2.65. The van der Waals surface area contributed by atoms with Crippen LogP contribution in [0.25, 0.3) is 0 Å². The van der Waals surface area contributed by atoms with Crippen molar-refractivity contribution in [1.82, 2.24) is 4.90 Å². The molecule has 0 radical (unpaired) electrons. The fourth-order valence-electron chi connectivity index (χ4n) is 4.97. The molecule has 9 nitrogen and oxygen atoms in total. The van der Waals surface area contributed by atoms with Crippen LogP contribution in [0.3, 0.4) is 0 Å². The number of carbonyl (C=O) groups is 4. The maximum Gasteiger partial charge on any atom is 0.420 e. The van der Waals surface area contributed by atoms with Crippen LogP contribution >= 0.6 is 11.6 Å². The van der Waals surface area contributed by atoms with E-state index >= 15 is 0 Å². The van der Waals surface area contributed by atoms with Crippen LogP contribution in [-0.4, -0.2) is 53.8 Å². The molecular formula is C35H55ClN2O7. The molecule has 0 spiro atoms. The second-order valence-electron chi connectivity index (χ2n) is 13.7. The van der Waals surface area contributed by atoms with Gasteiger partial charge in [-0.05, 0) is 43.9 Å². The molecule has 1 saturated heterocycles. The van der Waals surface area contributed by atoms with Gasteiger partial charge in [0.15, 0.2) is 5.60 Å². The van der Waals surface area contributed by atoms with E-state index in [1.54, 1.807) is 0 Å². The van der Waals surface area contributed by atoms with E-state index in [1.165, 1.54) is 103 Å². The first-order valence-electron chi connectivity index (χ1n) is 16.7. The quantitative estimate of drug-likeness (QED) is 0.104. The summed E-state index contributed by atoms with van der Waals surface area (Å²) in [6.07, 6.45) is 14.9. The highest BCUT2D eigenvalue weighted by Crippen LogP contribution is 2.29. The molecule has 2 rings (SSSR count). The summed E-state index contributed by atoms with van der Waals surface area (Å²) >= 11 is 6.33. The molecule has 0 aromatic heterocycles. The third-order valence-electron chi connectivity index (χ3n) is 7.60. The Kier molecular flexibility index (Phi) is 16.4. The summed E-state index contributed by atoms with van der Waals surface area (Å²) in [6.45, 7) is 11.2. The lowest BCUT2D eigenvalue weighted by Crippen LogP contribution is -2.51. The highest BCUT2D eigenvalue weighted by Gasteiger charge is 2.52. The van der Waals surface area contributed by atoms with E-state index in [1.807, 2.05) is 20.8 Å². The van der Waals surface area contributed by atoms with Gasteiger partial charge in [0, 0.05) is 0 Å². The third kappa shape index (κ3) is 13.7. The molecule has 1 aliphatic rings. The number of hydrogen-bond donors (Lipinski definition) is 1. The summed E-state index contributed by atoms with van der Waals surface area (Å²) < 4.78 is 16.4. The Morgan fingerprint density at radius 1 is 0.911 bits per heavy atom. The second kappa shape index (κ2) is 19.1. The molecule has 1 aromatic rings. The minimum absolute atomic E-state index is 0.0714. The Bertz CT molecular complexity index is 1120. The van der Waals surface area contributed by atoms with Gasteiger partial charge in [0.1, 0.15) is 0 Å². The predicted molar refractivity (Wildman–Crippen MR) is 177 cm³/mol. The van der Waals surface area contributed by atoms with Crippen LogP contribution < -0.4 is 5.32 Å². The summed E-state index contributed by atoms with van der Waals surface area (Å²) in [5, 5.41) is 2.77. The van der Waals surface area contributed by atoms with Crippen molar-refractivity contribution >= 4 is 41.2 Å². The maximum atomic E-state index is 13.4. The van der Waals surface area contributed by atoms with Crippen molar-refractivity contribution in [3.8, 4) is 0 Å². The number of rotatable bonds is 21. The monoisotopic (exact) mass is 650 g/mol. The molecule has 1 unspecified atom stereocenters. The molecule has 1 fully saturated rings. The lowest BCUT2D eigenvalue weighted by atomic mass is 9.99. The zero-order valence-corrected chi connectivity index (χ0v) is 29.1. The SMILES string of the molecule is CCCCCCCCCCCCCCCCOC(=O)c1ccc(Cl)c(NC(=O)C(OCC(C)(C)C)N2C(=O)OC(C)(C)C2=O)c1. The van der Waals surface area contributed by atoms with Crippen molar-refractivity contribution in [2.45, 2.75) is 143 Å². The number of esters is 1. The predicted octanol–water partition coefficient (Wildman–Crippen LogP) is 9.06. The van der Waals surface area contributed by atoms with E-state index in [0.717, 1.165) is 19.3 Å². The van der Waals surface area contributed by atoms with Gasteiger partial charge in [-0.2, -0.15) is 0 Å². The van der Waals surface area contributed by atoms with E-state index in [9.17, 15) is 19.2 Å². The van der Waals surface area contributed by atoms with E-state index in [0.29, 0.717) is 11.5 Å². The Balaban J connectivity index is 1.81. The number of amides is 3. The number of hydrogen-bond acceptors (Lipinski definition) is 7. The molecule has 254 valence electrons. The topological polar surface area (TPSA) is 111 Å². The van der Waals surface area contributed by atoms with Gasteiger partial charge in [0.2, 0.25) is 6.23 Å². The van der Waals surface area contributed by atoms with Crippen molar-refractivity contribution < 1.29 is 33.4 Å². The molecule has 1 heterocycles. The number of nitrogens with one attached hydrogen (secondary N) is 1. The van der Waals surface area contributed by atoms with Gasteiger partial charge in [-0.25, -0.2) is 14.5 Å². The standard InChI is InChI=1S/C35H55ClN2O7/c1-7-8-9-10-11-12-13-14-15-16-17-18-19-20-23-43-31(40)26-21-22-27(36)28(24-26)37-29(39)30(44-25-34(2,3)4)38-32(41)35(5,6)45-33(38)42/h21-22,24,30H,7-20,23,25H2,1-6H3,(H,37,39). The minimum Gasteiger partial charge on any atom is -0.462 e. The van der Waals surface area contributed by atoms with Crippen molar-refractivity contribution in [2.24, 2.45) is 5.41 Å². The third-order valence-corrected chi connectivity index (χ3v) is 7.93. The normalized spacial score (nSPS) is 15.2. The Morgan fingerprint density at radius 3 is 1.93 bits per heavy atom. The van der Waals surface area contributed by atoms with Gasteiger partial charge >= 0.3 is 12.1 Å². The molecule has 1 N–H and O–H groups in total. The second-order valence-corrected chi connectivity index (χ2v) is 14.1. The van der Waals surface area contributed by atoms with Crippen LogP contribution in [0, 0.1) is 5.41 Å². The zero-order chi connectivity index (χ0) is 33.5. The fourth-order valence-corrected chi connectivity index (χ4v) is 5.13. The van der Waals surface area contributed by atoms with Crippen molar-refractivity contribution in [3.05, 3.63) is 28.8 Å². The van der Waals surface area contributed by atoms with Gasteiger partial charge in [-0.15, -0.1) is 0 Å². The number of benzene rings is 1. The van der Waals surface area contributed by atoms with E-state index < -0.39 is 35.7 Å². The number of imide groups is 1. The molecule has 10 heteroatoms. The van der Waals surface area contributed by atoms with Crippen LogP contribution in [0.15, 0.2) is 18.2 Å². The first-order chi connectivity index (χ1) is 21.3. The average molecular weight is 651 g/mol. The molecule has 45 heavy (non-hydrogen) atoms. The highest BCUT2D eigenvalue weighted by molar-refractivity contribution is 6.34. The van der Waals surface area contributed by atoms with Gasteiger partial charge in [0.25, 0.3) is 11.8 Å². The first kappa shape index (κ1) is 38.5. The number of carbonyl (C=O) groups excluding carboxylic acids is 4. The number of unbranched alkanes of at least 4 members (excludes halogenated alkanes) is 13. The highest BCUT2D eigenvalue weighted by atomic mass is 35.5. The Labute approximate surface area is 275 Å². The molecule has 1 atom stereocenters. The number of halogens is 1. The summed E-state index contributed by atoms with van der Waals surface area (Å²) in [5.41, 5.74) is -1.47. The molecule has 0 aliphatic carbocycles. The van der Waals surface area contributed by atoms with Gasteiger partial charge in [0.05, 0.1) is 29.5 Å². The van der Waals surface area contributed by atoms with Gasteiger partial charge < -0.3 is 19.5 Å². The van der Waals surface area contributed by atoms with Gasteiger partial charge in [-0.1, -0.05) is 123 Å². The van der Waals surface area contributed by atoms with E-state index in [2.05, 4.69) is 12.2 Å². The largest absolute Gasteiger partial charge is 0.462 e.